The molecule has 1 unspecified atom stereocenters. The van der Waals surface area contributed by atoms with Gasteiger partial charge in [-0.3, -0.25) is 14.6 Å². The first-order valence-electron chi connectivity index (χ1n) is 7.44. The summed E-state index contributed by atoms with van der Waals surface area (Å²) in [6.45, 7) is 8.11. The maximum absolute atomic E-state index is 4.66. The fraction of sp³-hybridized carbons (Fsp3) is 0.533. The number of rotatable bonds is 7. The summed E-state index contributed by atoms with van der Waals surface area (Å²) in [6.07, 6.45) is 7.04. The van der Waals surface area contributed by atoms with Crippen LogP contribution in [0.1, 0.15) is 43.9 Å². The zero-order valence-electron chi connectivity index (χ0n) is 12.8. The Balaban J connectivity index is 2.31. The van der Waals surface area contributed by atoms with Crippen molar-refractivity contribution in [1.29, 1.82) is 0 Å². The minimum atomic E-state index is 0.145. The lowest BCUT2D eigenvalue weighted by molar-refractivity contribution is 0.504. The molecule has 2 aromatic heterocycles. The Hall–Kier alpha value is -1.27. The SMILES string of the molecule is CCNC(Cc1c(Br)c(CC)nn1CC)c1cnccn1. The Bertz CT molecular complexity index is 567. The molecule has 0 aliphatic rings. The Kier molecular flexibility index (Phi) is 5.87. The molecule has 114 valence electrons. The molecule has 0 aliphatic carbocycles. The van der Waals surface area contributed by atoms with Gasteiger partial charge >= 0.3 is 0 Å². The number of nitrogens with one attached hydrogen (secondary N) is 1. The van der Waals surface area contributed by atoms with Gasteiger partial charge in [-0.25, -0.2) is 0 Å². The lowest BCUT2D eigenvalue weighted by Gasteiger charge is -2.17. The molecule has 0 fully saturated rings. The van der Waals surface area contributed by atoms with Crippen molar-refractivity contribution >= 4 is 15.9 Å². The zero-order valence-corrected chi connectivity index (χ0v) is 14.4. The van der Waals surface area contributed by atoms with Crippen LogP contribution in [0.4, 0.5) is 0 Å². The predicted octanol–water partition coefficient (Wildman–Crippen LogP) is 2.91. The zero-order chi connectivity index (χ0) is 15.2. The fourth-order valence-corrected chi connectivity index (χ4v) is 3.15. The maximum Gasteiger partial charge on any atom is 0.0766 e. The summed E-state index contributed by atoms with van der Waals surface area (Å²) in [5.74, 6) is 0. The van der Waals surface area contributed by atoms with Gasteiger partial charge in [0.1, 0.15) is 0 Å². The van der Waals surface area contributed by atoms with E-state index in [0.717, 1.165) is 41.8 Å². The predicted molar refractivity (Wildman–Crippen MR) is 87.1 cm³/mol. The molecule has 0 amide bonds. The maximum atomic E-state index is 4.66. The van der Waals surface area contributed by atoms with Crippen LogP contribution in [0, 0.1) is 0 Å². The van der Waals surface area contributed by atoms with E-state index in [1.54, 1.807) is 12.4 Å². The van der Waals surface area contributed by atoms with Gasteiger partial charge in [0.2, 0.25) is 0 Å². The smallest absolute Gasteiger partial charge is 0.0766 e. The lowest BCUT2D eigenvalue weighted by atomic mass is 10.1. The van der Waals surface area contributed by atoms with E-state index in [0.29, 0.717) is 0 Å². The van der Waals surface area contributed by atoms with Crippen LogP contribution in [0.15, 0.2) is 23.1 Å². The van der Waals surface area contributed by atoms with Crippen LogP contribution in [0.5, 0.6) is 0 Å². The summed E-state index contributed by atoms with van der Waals surface area (Å²) in [4.78, 5) is 8.62. The topological polar surface area (TPSA) is 55.6 Å². The number of hydrogen-bond acceptors (Lipinski definition) is 4. The van der Waals surface area contributed by atoms with E-state index in [9.17, 15) is 0 Å². The monoisotopic (exact) mass is 351 g/mol. The average molecular weight is 352 g/mol. The first kappa shape index (κ1) is 16.1. The standard InChI is InChI=1S/C15H22BrN5/c1-4-11-15(16)14(21(6-3)20-11)9-12(18-5-2)13-10-17-7-8-19-13/h7-8,10,12,18H,4-6,9H2,1-3H3. The van der Waals surface area contributed by atoms with Crippen molar-refractivity contribution in [3.8, 4) is 0 Å². The highest BCUT2D eigenvalue weighted by molar-refractivity contribution is 9.10. The number of aromatic nitrogens is 4. The van der Waals surface area contributed by atoms with Crippen molar-refractivity contribution in [2.24, 2.45) is 0 Å². The van der Waals surface area contributed by atoms with Crippen LogP contribution in [0.2, 0.25) is 0 Å². The molecule has 2 rings (SSSR count). The molecule has 0 aromatic carbocycles. The van der Waals surface area contributed by atoms with Gasteiger partial charge in [0.15, 0.2) is 0 Å². The largest absolute Gasteiger partial charge is 0.309 e. The van der Waals surface area contributed by atoms with E-state index in [-0.39, 0.29) is 6.04 Å². The summed E-state index contributed by atoms with van der Waals surface area (Å²) in [6, 6.07) is 0.145. The molecule has 0 aliphatic heterocycles. The molecule has 2 aromatic rings. The van der Waals surface area contributed by atoms with Crippen molar-refractivity contribution in [2.45, 2.75) is 46.2 Å². The Morgan fingerprint density at radius 2 is 2.10 bits per heavy atom. The van der Waals surface area contributed by atoms with Crippen molar-refractivity contribution in [2.75, 3.05) is 6.54 Å². The highest BCUT2D eigenvalue weighted by Gasteiger charge is 2.20. The van der Waals surface area contributed by atoms with E-state index in [1.165, 1.54) is 5.69 Å². The summed E-state index contributed by atoms with van der Waals surface area (Å²) in [5, 5.41) is 8.15. The molecule has 21 heavy (non-hydrogen) atoms. The number of halogens is 1. The van der Waals surface area contributed by atoms with Gasteiger partial charge in [-0.05, 0) is 35.8 Å². The minimum absolute atomic E-state index is 0.145. The quantitative estimate of drug-likeness (QED) is 0.833. The third-order valence-electron chi connectivity index (χ3n) is 3.48. The van der Waals surface area contributed by atoms with Crippen LogP contribution in [0.25, 0.3) is 0 Å². The second-order valence-electron chi connectivity index (χ2n) is 4.82. The van der Waals surface area contributed by atoms with E-state index in [2.05, 4.69) is 61.8 Å². The molecule has 0 bridgehead atoms. The molecule has 0 saturated heterocycles. The van der Waals surface area contributed by atoms with Crippen LogP contribution in [-0.4, -0.2) is 26.3 Å². The van der Waals surface area contributed by atoms with Crippen molar-refractivity contribution in [1.82, 2.24) is 25.1 Å². The molecular weight excluding hydrogens is 330 g/mol. The van der Waals surface area contributed by atoms with Crippen LogP contribution in [-0.2, 0) is 19.4 Å². The highest BCUT2D eigenvalue weighted by atomic mass is 79.9. The number of nitrogens with zero attached hydrogens (tertiary/aromatic N) is 4. The van der Waals surface area contributed by atoms with Crippen LogP contribution >= 0.6 is 15.9 Å². The molecule has 6 heteroatoms. The van der Waals surface area contributed by atoms with Crippen LogP contribution in [0.3, 0.4) is 0 Å². The van der Waals surface area contributed by atoms with E-state index < -0.39 is 0 Å². The van der Waals surface area contributed by atoms with Crippen molar-refractivity contribution in [3.63, 3.8) is 0 Å². The third kappa shape index (κ3) is 3.68. The summed E-state index contributed by atoms with van der Waals surface area (Å²) in [5.41, 5.74) is 3.29. The first-order valence-corrected chi connectivity index (χ1v) is 8.23. The summed E-state index contributed by atoms with van der Waals surface area (Å²) < 4.78 is 3.20. The Morgan fingerprint density at radius 3 is 2.67 bits per heavy atom. The van der Waals surface area contributed by atoms with Crippen molar-refractivity contribution < 1.29 is 0 Å². The molecule has 2 heterocycles. The molecule has 1 N–H and O–H groups in total. The molecular formula is C15H22BrN5. The highest BCUT2D eigenvalue weighted by Crippen LogP contribution is 2.26. The average Bonchev–Trinajstić information content (AvgIpc) is 2.83. The second kappa shape index (κ2) is 7.66. The van der Waals surface area contributed by atoms with Gasteiger partial charge in [0, 0.05) is 31.6 Å². The Morgan fingerprint density at radius 1 is 1.29 bits per heavy atom. The van der Waals surface area contributed by atoms with Gasteiger partial charge in [-0.1, -0.05) is 13.8 Å². The normalized spacial score (nSPS) is 12.6. The minimum Gasteiger partial charge on any atom is -0.309 e. The second-order valence-corrected chi connectivity index (χ2v) is 5.61. The van der Waals surface area contributed by atoms with E-state index in [4.69, 9.17) is 0 Å². The molecule has 5 nitrogen and oxygen atoms in total. The lowest BCUT2D eigenvalue weighted by Crippen LogP contribution is -2.25. The van der Waals surface area contributed by atoms with E-state index >= 15 is 0 Å². The molecule has 0 radical (unpaired) electrons. The molecule has 0 saturated carbocycles. The van der Waals surface area contributed by atoms with Gasteiger partial charge in [-0.15, -0.1) is 0 Å². The fourth-order valence-electron chi connectivity index (χ4n) is 2.42. The summed E-state index contributed by atoms with van der Waals surface area (Å²) >= 11 is 3.71. The number of hydrogen-bond donors (Lipinski definition) is 1. The first-order chi connectivity index (χ1) is 10.2. The third-order valence-corrected chi connectivity index (χ3v) is 4.40. The van der Waals surface area contributed by atoms with Crippen LogP contribution < -0.4 is 5.32 Å². The van der Waals surface area contributed by atoms with Gasteiger partial charge in [0.25, 0.3) is 0 Å². The Labute approximate surface area is 134 Å². The van der Waals surface area contributed by atoms with E-state index in [1.807, 2.05) is 6.20 Å². The molecule has 0 spiro atoms. The number of likely N-dealkylation sites (N-methyl/N-ethyl adjacent to an activating group) is 1. The summed E-state index contributed by atoms with van der Waals surface area (Å²) in [7, 11) is 0. The molecule has 1 atom stereocenters. The van der Waals surface area contributed by atoms with Crippen molar-refractivity contribution in [3.05, 3.63) is 40.1 Å². The van der Waals surface area contributed by atoms with Gasteiger partial charge < -0.3 is 5.32 Å². The van der Waals surface area contributed by atoms with Gasteiger partial charge in [0.05, 0.1) is 27.6 Å². The van der Waals surface area contributed by atoms with Gasteiger partial charge in [-0.2, -0.15) is 5.10 Å². The number of aryl methyl sites for hydroxylation is 2.